The van der Waals surface area contributed by atoms with E-state index in [1.165, 1.54) is 0 Å². The van der Waals surface area contributed by atoms with Gasteiger partial charge in [0.15, 0.2) is 0 Å². The van der Waals surface area contributed by atoms with Crippen molar-refractivity contribution in [2.45, 2.75) is 26.3 Å². The Morgan fingerprint density at radius 2 is 1.95 bits per heavy atom. The van der Waals surface area contributed by atoms with E-state index in [4.69, 9.17) is 5.73 Å². The SMILES string of the molecule is CC(C)(C)Nc1nc(N)nc2cc(-c3ccn[nH]3)ccc12. The van der Waals surface area contributed by atoms with Gasteiger partial charge in [0.2, 0.25) is 5.95 Å². The molecule has 2 heterocycles. The van der Waals surface area contributed by atoms with Gasteiger partial charge >= 0.3 is 0 Å². The first kappa shape index (κ1) is 13.4. The van der Waals surface area contributed by atoms with Crippen molar-refractivity contribution < 1.29 is 0 Å². The third kappa shape index (κ3) is 2.79. The highest BCUT2D eigenvalue weighted by molar-refractivity contribution is 5.92. The molecule has 0 unspecified atom stereocenters. The largest absolute Gasteiger partial charge is 0.368 e. The first-order chi connectivity index (χ1) is 9.92. The lowest BCUT2D eigenvalue weighted by molar-refractivity contribution is 0.631. The molecular formula is C15H18N6. The van der Waals surface area contributed by atoms with Crippen molar-refractivity contribution >= 4 is 22.7 Å². The zero-order chi connectivity index (χ0) is 15.0. The fraction of sp³-hybridized carbons (Fsp3) is 0.267. The molecule has 0 aliphatic carbocycles. The van der Waals surface area contributed by atoms with E-state index in [1.807, 2.05) is 24.3 Å². The van der Waals surface area contributed by atoms with Crippen LogP contribution in [0.15, 0.2) is 30.5 Å². The number of H-pyrrole nitrogens is 1. The summed E-state index contributed by atoms with van der Waals surface area (Å²) in [6.45, 7) is 6.24. The van der Waals surface area contributed by atoms with Crippen LogP contribution < -0.4 is 11.1 Å². The number of rotatable bonds is 2. The van der Waals surface area contributed by atoms with Crippen LogP contribution in [0, 0.1) is 0 Å². The zero-order valence-electron chi connectivity index (χ0n) is 12.3. The van der Waals surface area contributed by atoms with E-state index in [0.717, 1.165) is 28.0 Å². The molecule has 0 atom stereocenters. The van der Waals surface area contributed by atoms with E-state index in [2.05, 4.69) is 46.3 Å². The molecule has 6 nitrogen and oxygen atoms in total. The molecule has 0 fully saturated rings. The summed E-state index contributed by atoms with van der Waals surface area (Å²) in [5, 5.41) is 11.2. The predicted molar refractivity (Wildman–Crippen MR) is 84.9 cm³/mol. The van der Waals surface area contributed by atoms with Crippen LogP contribution in [0.25, 0.3) is 22.2 Å². The van der Waals surface area contributed by atoms with Crippen molar-refractivity contribution in [1.82, 2.24) is 20.2 Å². The molecule has 3 rings (SSSR count). The minimum absolute atomic E-state index is 0.101. The van der Waals surface area contributed by atoms with Gasteiger partial charge in [-0.25, -0.2) is 4.98 Å². The Morgan fingerprint density at radius 3 is 2.62 bits per heavy atom. The number of nitrogens with two attached hydrogens (primary N) is 1. The molecule has 0 saturated heterocycles. The summed E-state index contributed by atoms with van der Waals surface area (Å²) >= 11 is 0. The van der Waals surface area contributed by atoms with Crippen LogP contribution in [-0.4, -0.2) is 25.7 Å². The molecule has 4 N–H and O–H groups in total. The minimum Gasteiger partial charge on any atom is -0.368 e. The van der Waals surface area contributed by atoms with Crippen molar-refractivity contribution in [2.75, 3.05) is 11.1 Å². The normalized spacial score (nSPS) is 11.8. The van der Waals surface area contributed by atoms with E-state index in [0.29, 0.717) is 0 Å². The quantitative estimate of drug-likeness (QED) is 0.672. The van der Waals surface area contributed by atoms with Crippen LogP contribution in [-0.2, 0) is 0 Å². The van der Waals surface area contributed by atoms with Gasteiger partial charge in [-0.15, -0.1) is 0 Å². The van der Waals surface area contributed by atoms with Gasteiger partial charge in [0, 0.05) is 22.7 Å². The Labute approximate surface area is 122 Å². The summed E-state index contributed by atoms with van der Waals surface area (Å²) in [5.41, 5.74) is 8.49. The fourth-order valence-corrected chi connectivity index (χ4v) is 2.18. The average Bonchev–Trinajstić information content (AvgIpc) is 2.89. The molecule has 0 saturated carbocycles. The number of aromatic amines is 1. The average molecular weight is 282 g/mol. The molecule has 1 aromatic carbocycles. The minimum atomic E-state index is -0.101. The molecule has 0 amide bonds. The van der Waals surface area contributed by atoms with Crippen molar-refractivity contribution in [2.24, 2.45) is 0 Å². The molecule has 2 aromatic heterocycles. The third-order valence-corrected chi connectivity index (χ3v) is 3.02. The van der Waals surface area contributed by atoms with E-state index < -0.39 is 0 Å². The second kappa shape index (κ2) is 4.73. The Morgan fingerprint density at radius 1 is 1.14 bits per heavy atom. The molecule has 0 bridgehead atoms. The summed E-state index contributed by atoms with van der Waals surface area (Å²) in [5.74, 6) is 1.01. The van der Waals surface area contributed by atoms with Crippen LogP contribution in [0.1, 0.15) is 20.8 Å². The second-order valence-corrected chi connectivity index (χ2v) is 6.01. The number of hydrogen-bond acceptors (Lipinski definition) is 5. The van der Waals surface area contributed by atoms with Crippen LogP contribution in [0.5, 0.6) is 0 Å². The van der Waals surface area contributed by atoms with Crippen LogP contribution in [0.4, 0.5) is 11.8 Å². The van der Waals surface area contributed by atoms with E-state index >= 15 is 0 Å². The van der Waals surface area contributed by atoms with Crippen LogP contribution in [0.3, 0.4) is 0 Å². The summed E-state index contributed by atoms with van der Waals surface area (Å²) in [7, 11) is 0. The van der Waals surface area contributed by atoms with Gasteiger partial charge in [0.05, 0.1) is 11.2 Å². The van der Waals surface area contributed by atoms with E-state index in [-0.39, 0.29) is 11.5 Å². The molecule has 0 radical (unpaired) electrons. The van der Waals surface area contributed by atoms with Gasteiger partial charge in [0.25, 0.3) is 0 Å². The standard InChI is InChI=1S/C15H18N6/c1-15(2,3)20-13-10-5-4-9(11-6-7-17-21-11)8-12(10)18-14(16)19-13/h4-8H,1-3H3,(H,17,21)(H3,16,18,19,20). The number of benzene rings is 1. The first-order valence-corrected chi connectivity index (χ1v) is 6.77. The van der Waals surface area contributed by atoms with Gasteiger partial charge in [-0.2, -0.15) is 10.1 Å². The summed E-state index contributed by atoms with van der Waals surface area (Å²) in [4.78, 5) is 8.64. The molecule has 108 valence electrons. The summed E-state index contributed by atoms with van der Waals surface area (Å²) in [6, 6.07) is 7.91. The molecule has 6 heteroatoms. The summed E-state index contributed by atoms with van der Waals surface area (Å²) < 4.78 is 0. The van der Waals surface area contributed by atoms with Crippen LogP contribution in [0.2, 0.25) is 0 Å². The zero-order valence-corrected chi connectivity index (χ0v) is 12.3. The Bertz CT molecular complexity index is 771. The van der Waals surface area contributed by atoms with Crippen molar-refractivity contribution in [3.63, 3.8) is 0 Å². The number of anilines is 2. The van der Waals surface area contributed by atoms with Gasteiger partial charge in [0.1, 0.15) is 5.82 Å². The molecular weight excluding hydrogens is 264 g/mol. The van der Waals surface area contributed by atoms with Gasteiger partial charge < -0.3 is 11.1 Å². The highest BCUT2D eigenvalue weighted by atomic mass is 15.1. The molecule has 3 aromatic rings. The Hall–Kier alpha value is -2.63. The number of fused-ring (bicyclic) bond motifs is 1. The lowest BCUT2D eigenvalue weighted by Gasteiger charge is -2.22. The fourth-order valence-electron chi connectivity index (χ4n) is 2.18. The molecule has 0 aliphatic rings. The van der Waals surface area contributed by atoms with Gasteiger partial charge in [-0.1, -0.05) is 6.07 Å². The lowest BCUT2D eigenvalue weighted by Crippen LogP contribution is -2.27. The maximum atomic E-state index is 5.83. The number of aromatic nitrogens is 4. The number of nitrogen functional groups attached to an aromatic ring is 1. The smallest absolute Gasteiger partial charge is 0.222 e. The van der Waals surface area contributed by atoms with Crippen molar-refractivity contribution in [1.29, 1.82) is 0 Å². The highest BCUT2D eigenvalue weighted by Gasteiger charge is 2.14. The number of nitrogens with zero attached hydrogens (tertiary/aromatic N) is 3. The van der Waals surface area contributed by atoms with E-state index in [9.17, 15) is 0 Å². The maximum absolute atomic E-state index is 5.83. The monoisotopic (exact) mass is 282 g/mol. The molecule has 0 aliphatic heterocycles. The van der Waals surface area contributed by atoms with Gasteiger partial charge in [-0.05, 0) is 39.0 Å². The maximum Gasteiger partial charge on any atom is 0.222 e. The third-order valence-electron chi connectivity index (χ3n) is 3.02. The predicted octanol–water partition coefficient (Wildman–Crippen LogP) is 2.81. The van der Waals surface area contributed by atoms with Crippen LogP contribution >= 0.6 is 0 Å². The van der Waals surface area contributed by atoms with Crippen molar-refractivity contribution in [3.8, 4) is 11.3 Å². The lowest BCUT2D eigenvalue weighted by atomic mass is 10.1. The number of hydrogen-bond donors (Lipinski definition) is 3. The second-order valence-electron chi connectivity index (χ2n) is 6.01. The highest BCUT2D eigenvalue weighted by Crippen LogP contribution is 2.27. The first-order valence-electron chi connectivity index (χ1n) is 6.77. The van der Waals surface area contributed by atoms with E-state index in [1.54, 1.807) is 6.20 Å². The van der Waals surface area contributed by atoms with Gasteiger partial charge in [-0.3, -0.25) is 5.10 Å². The number of nitrogens with one attached hydrogen (secondary N) is 2. The Balaban J connectivity index is 2.14. The topological polar surface area (TPSA) is 92.5 Å². The molecule has 0 spiro atoms. The molecule has 21 heavy (non-hydrogen) atoms. The Kier molecular flexibility index (Phi) is 3.01. The summed E-state index contributed by atoms with van der Waals surface area (Å²) in [6.07, 6.45) is 1.72. The van der Waals surface area contributed by atoms with Crippen molar-refractivity contribution in [3.05, 3.63) is 30.5 Å².